The molecule has 2 aliphatic heterocycles. The van der Waals surface area contributed by atoms with Crippen LogP contribution >= 0.6 is 0 Å². The fourth-order valence-corrected chi connectivity index (χ4v) is 3.20. The topological polar surface area (TPSA) is 66.6 Å². The highest BCUT2D eigenvalue weighted by molar-refractivity contribution is 5.82. The highest BCUT2D eigenvalue weighted by atomic mass is 16.2. The second-order valence-corrected chi connectivity index (χ2v) is 6.84. The zero-order valence-corrected chi connectivity index (χ0v) is 13.4. The summed E-state index contributed by atoms with van der Waals surface area (Å²) in [5.74, 6) is 1.10. The van der Waals surface area contributed by atoms with Gasteiger partial charge in [0.1, 0.15) is 0 Å². The Bertz CT molecular complexity index is 376. The predicted molar refractivity (Wildman–Crippen MR) is 82.5 cm³/mol. The molecule has 2 N–H and O–H groups in total. The Balaban J connectivity index is 1.78. The first kappa shape index (κ1) is 16.3. The van der Waals surface area contributed by atoms with E-state index in [0.29, 0.717) is 18.2 Å². The van der Waals surface area contributed by atoms with Crippen LogP contribution in [0, 0.1) is 11.8 Å². The lowest BCUT2D eigenvalue weighted by Gasteiger charge is -2.37. The first-order chi connectivity index (χ1) is 9.99. The number of hydrogen-bond donors (Lipinski definition) is 1. The van der Waals surface area contributed by atoms with Gasteiger partial charge in [0.25, 0.3) is 0 Å². The fourth-order valence-electron chi connectivity index (χ4n) is 3.20. The van der Waals surface area contributed by atoms with E-state index in [4.69, 9.17) is 5.73 Å². The first-order valence-corrected chi connectivity index (χ1v) is 8.31. The monoisotopic (exact) mass is 295 g/mol. The van der Waals surface area contributed by atoms with E-state index in [1.165, 1.54) is 0 Å². The normalized spacial score (nSPS) is 22.8. The van der Waals surface area contributed by atoms with Crippen LogP contribution in [0.5, 0.6) is 0 Å². The molecule has 2 saturated heterocycles. The molecule has 0 aromatic heterocycles. The third-order valence-corrected chi connectivity index (χ3v) is 4.83. The lowest BCUT2D eigenvalue weighted by atomic mass is 9.94. The predicted octanol–water partition coefficient (Wildman–Crippen LogP) is 1.22. The number of piperidine rings is 2. The summed E-state index contributed by atoms with van der Waals surface area (Å²) in [4.78, 5) is 28.0. The first-order valence-electron chi connectivity index (χ1n) is 8.31. The Kier molecular flexibility index (Phi) is 5.62. The number of carbonyl (C=O) groups excluding carboxylic acids is 2. The molecule has 120 valence electrons. The minimum Gasteiger partial charge on any atom is -0.342 e. The van der Waals surface area contributed by atoms with E-state index in [1.807, 2.05) is 23.6 Å². The molecule has 0 aromatic rings. The Morgan fingerprint density at radius 3 is 2.48 bits per heavy atom. The Labute approximate surface area is 127 Å². The smallest absolute Gasteiger partial charge is 0.239 e. The van der Waals surface area contributed by atoms with E-state index >= 15 is 0 Å². The number of likely N-dealkylation sites (tertiary alicyclic amines) is 2. The second-order valence-electron chi connectivity index (χ2n) is 6.84. The van der Waals surface area contributed by atoms with Gasteiger partial charge in [0.2, 0.25) is 11.8 Å². The summed E-state index contributed by atoms with van der Waals surface area (Å²) in [6.07, 6.45) is 4.85. The van der Waals surface area contributed by atoms with Crippen molar-refractivity contribution in [3.05, 3.63) is 0 Å². The van der Waals surface area contributed by atoms with Gasteiger partial charge in [-0.3, -0.25) is 9.59 Å². The van der Waals surface area contributed by atoms with E-state index in [2.05, 4.69) is 0 Å². The maximum Gasteiger partial charge on any atom is 0.239 e. The third kappa shape index (κ3) is 4.19. The lowest BCUT2D eigenvalue weighted by molar-refractivity contribution is -0.137. The lowest BCUT2D eigenvalue weighted by Crippen LogP contribution is -2.50. The van der Waals surface area contributed by atoms with Crippen LogP contribution in [0.3, 0.4) is 0 Å². The molecule has 2 rings (SSSR count). The van der Waals surface area contributed by atoms with Crippen LogP contribution in [-0.2, 0) is 9.59 Å². The molecule has 0 saturated carbocycles. The molecule has 2 aliphatic rings. The van der Waals surface area contributed by atoms with Crippen LogP contribution in [0.15, 0.2) is 0 Å². The molecule has 2 heterocycles. The van der Waals surface area contributed by atoms with Crippen molar-refractivity contribution in [2.45, 2.75) is 52.0 Å². The Hall–Kier alpha value is -1.10. The van der Waals surface area contributed by atoms with Gasteiger partial charge in [0.05, 0.1) is 6.04 Å². The van der Waals surface area contributed by atoms with Crippen LogP contribution in [0.2, 0.25) is 0 Å². The molecule has 2 amide bonds. The standard InChI is InChI=1S/C16H29N3O2/c1-12(2)15(17)16(21)18-9-6-13(7-10-18)11-19-8-4-3-5-14(19)20/h12-13,15H,3-11,17H2,1-2H3/t15-/m0/s1. The number of hydrogen-bond acceptors (Lipinski definition) is 3. The molecule has 0 spiro atoms. The Morgan fingerprint density at radius 1 is 1.24 bits per heavy atom. The van der Waals surface area contributed by atoms with E-state index < -0.39 is 0 Å². The molecule has 0 unspecified atom stereocenters. The van der Waals surface area contributed by atoms with Crippen molar-refractivity contribution in [2.24, 2.45) is 17.6 Å². The highest BCUT2D eigenvalue weighted by Crippen LogP contribution is 2.21. The van der Waals surface area contributed by atoms with Crippen LogP contribution in [-0.4, -0.2) is 53.8 Å². The van der Waals surface area contributed by atoms with Crippen molar-refractivity contribution in [3.8, 4) is 0 Å². The third-order valence-electron chi connectivity index (χ3n) is 4.83. The number of nitrogens with two attached hydrogens (primary N) is 1. The van der Waals surface area contributed by atoms with Gasteiger partial charge in [-0.2, -0.15) is 0 Å². The quantitative estimate of drug-likeness (QED) is 0.848. The van der Waals surface area contributed by atoms with Crippen LogP contribution in [0.1, 0.15) is 46.0 Å². The molecular formula is C16H29N3O2. The maximum atomic E-state index is 12.2. The van der Waals surface area contributed by atoms with Crippen molar-refractivity contribution in [3.63, 3.8) is 0 Å². The number of carbonyl (C=O) groups is 2. The van der Waals surface area contributed by atoms with Crippen LogP contribution < -0.4 is 5.73 Å². The minimum atomic E-state index is -0.384. The molecule has 0 aliphatic carbocycles. The van der Waals surface area contributed by atoms with Gasteiger partial charge in [-0.15, -0.1) is 0 Å². The number of rotatable bonds is 4. The van der Waals surface area contributed by atoms with Crippen LogP contribution in [0.4, 0.5) is 0 Å². The van der Waals surface area contributed by atoms with E-state index in [0.717, 1.165) is 51.9 Å². The van der Waals surface area contributed by atoms with Gasteiger partial charge in [-0.1, -0.05) is 13.8 Å². The van der Waals surface area contributed by atoms with Crippen molar-refractivity contribution in [2.75, 3.05) is 26.2 Å². The largest absolute Gasteiger partial charge is 0.342 e. The molecule has 0 aromatic carbocycles. The number of nitrogens with zero attached hydrogens (tertiary/aromatic N) is 2. The summed E-state index contributed by atoms with van der Waals surface area (Å²) < 4.78 is 0. The van der Waals surface area contributed by atoms with E-state index in [1.54, 1.807) is 0 Å². The van der Waals surface area contributed by atoms with Gasteiger partial charge >= 0.3 is 0 Å². The fraction of sp³-hybridized carbons (Fsp3) is 0.875. The minimum absolute atomic E-state index is 0.0810. The average Bonchev–Trinajstić information content (AvgIpc) is 2.49. The molecule has 0 radical (unpaired) electrons. The van der Waals surface area contributed by atoms with Crippen molar-refractivity contribution >= 4 is 11.8 Å². The molecule has 0 bridgehead atoms. The number of amides is 2. The van der Waals surface area contributed by atoms with Crippen molar-refractivity contribution in [1.82, 2.24) is 9.80 Å². The highest BCUT2D eigenvalue weighted by Gasteiger charge is 2.29. The maximum absolute atomic E-state index is 12.2. The van der Waals surface area contributed by atoms with Crippen molar-refractivity contribution < 1.29 is 9.59 Å². The summed E-state index contributed by atoms with van der Waals surface area (Å²) in [6, 6.07) is -0.384. The van der Waals surface area contributed by atoms with Crippen molar-refractivity contribution in [1.29, 1.82) is 0 Å². The SMILES string of the molecule is CC(C)[C@H](N)C(=O)N1CCC(CN2CCCCC2=O)CC1. The average molecular weight is 295 g/mol. The molecular weight excluding hydrogens is 266 g/mol. The summed E-state index contributed by atoms with van der Waals surface area (Å²) in [6.45, 7) is 7.32. The van der Waals surface area contributed by atoms with Crippen LogP contribution in [0.25, 0.3) is 0 Å². The molecule has 5 heteroatoms. The van der Waals surface area contributed by atoms with Gasteiger partial charge in [-0.25, -0.2) is 0 Å². The van der Waals surface area contributed by atoms with E-state index in [-0.39, 0.29) is 17.9 Å². The zero-order chi connectivity index (χ0) is 15.4. The van der Waals surface area contributed by atoms with Gasteiger partial charge in [0.15, 0.2) is 0 Å². The molecule has 5 nitrogen and oxygen atoms in total. The second kappa shape index (κ2) is 7.25. The molecule has 2 fully saturated rings. The van der Waals surface area contributed by atoms with Gasteiger partial charge in [-0.05, 0) is 37.5 Å². The van der Waals surface area contributed by atoms with E-state index in [9.17, 15) is 9.59 Å². The summed E-state index contributed by atoms with van der Waals surface area (Å²) >= 11 is 0. The molecule has 21 heavy (non-hydrogen) atoms. The Morgan fingerprint density at radius 2 is 1.90 bits per heavy atom. The molecule has 1 atom stereocenters. The summed E-state index contributed by atoms with van der Waals surface area (Å²) in [5, 5.41) is 0. The van der Waals surface area contributed by atoms with Gasteiger partial charge < -0.3 is 15.5 Å². The van der Waals surface area contributed by atoms with Gasteiger partial charge in [0, 0.05) is 32.6 Å². The summed E-state index contributed by atoms with van der Waals surface area (Å²) in [7, 11) is 0. The zero-order valence-electron chi connectivity index (χ0n) is 13.4. The summed E-state index contributed by atoms with van der Waals surface area (Å²) in [5.41, 5.74) is 5.95.